The first-order valence-electron chi connectivity index (χ1n) is 13.6. The van der Waals surface area contributed by atoms with Gasteiger partial charge in [0.05, 0.1) is 31.1 Å². The number of aromatic nitrogens is 3. The number of methoxy groups -OCH3 is 1. The molecule has 45 heavy (non-hydrogen) atoms. The van der Waals surface area contributed by atoms with Gasteiger partial charge in [0.15, 0.2) is 23.0 Å². The standard InChI is InChI=1S/C29H34F2N8O4.2ClH/c1-3-16-12-17(4-5-19(16)28(41)36-13-18(40)14-37-29(42)21(33)8-9-32)38-26-27-35-15-22(39(27)11-10-34-26)20-6-7-23(43-2)25(31)24(20)30;;/h4-7,10-12,15,18,21,40H,3,8-9,13-14,32-33H2,1-2H3,(H,34,38)(H,36,41)(H,37,42);2*1H/t18-,21-;;/m1../s1. The fourth-order valence-electron chi connectivity index (χ4n) is 4.45. The summed E-state index contributed by atoms with van der Waals surface area (Å²) in [5, 5.41) is 18.6. The average molecular weight is 670 g/mol. The molecule has 2 aromatic carbocycles. The molecule has 0 radical (unpaired) electrons. The Morgan fingerprint density at radius 2 is 1.82 bits per heavy atom. The van der Waals surface area contributed by atoms with Gasteiger partial charge in [0.2, 0.25) is 11.7 Å². The Morgan fingerprint density at radius 3 is 2.51 bits per heavy atom. The van der Waals surface area contributed by atoms with Crippen molar-refractivity contribution in [2.45, 2.75) is 31.9 Å². The molecule has 0 aliphatic rings. The Balaban J connectivity index is 0.00000353. The number of nitrogens with zero attached hydrogens (tertiary/aromatic N) is 3. The van der Waals surface area contributed by atoms with Crippen molar-refractivity contribution >= 4 is 53.8 Å². The van der Waals surface area contributed by atoms with Crippen molar-refractivity contribution < 1.29 is 28.2 Å². The number of aliphatic hydroxyl groups is 1. The number of hydrogen-bond donors (Lipinski definition) is 6. The van der Waals surface area contributed by atoms with E-state index in [0.717, 1.165) is 5.56 Å². The van der Waals surface area contributed by atoms with E-state index in [0.29, 0.717) is 41.3 Å². The van der Waals surface area contributed by atoms with Gasteiger partial charge in [-0.2, -0.15) is 4.39 Å². The van der Waals surface area contributed by atoms with Crippen molar-refractivity contribution in [1.82, 2.24) is 25.0 Å². The summed E-state index contributed by atoms with van der Waals surface area (Å²) in [5.74, 6) is -2.81. The number of carbonyl (C=O) groups excluding carboxylic acids is 2. The van der Waals surface area contributed by atoms with Gasteiger partial charge >= 0.3 is 0 Å². The lowest BCUT2D eigenvalue weighted by Gasteiger charge is -2.16. The molecule has 0 bridgehead atoms. The molecule has 2 heterocycles. The number of benzene rings is 2. The Kier molecular flexibility index (Phi) is 13.9. The predicted molar refractivity (Wildman–Crippen MR) is 171 cm³/mol. The maximum atomic E-state index is 14.8. The molecule has 12 nitrogen and oxygen atoms in total. The maximum absolute atomic E-state index is 14.8. The predicted octanol–water partition coefficient (Wildman–Crippen LogP) is 2.72. The monoisotopic (exact) mass is 668 g/mol. The first kappa shape index (κ1) is 37.1. The number of anilines is 2. The summed E-state index contributed by atoms with van der Waals surface area (Å²) in [6.07, 6.45) is 4.35. The van der Waals surface area contributed by atoms with Gasteiger partial charge in [-0.3, -0.25) is 14.0 Å². The molecule has 244 valence electrons. The van der Waals surface area contributed by atoms with Crippen molar-refractivity contribution in [1.29, 1.82) is 0 Å². The lowest BCUT2D eigenvalue weighted by atomic mass is 10.0. The summed E-state index contributed by atoms with van der Waals surface area (Å²) in [7, 11) is 1.26. The number of hydrogen-bond acceptors (Lipinski definition) is 9. The highest BCUT2D eigenvalue weighted by Gasteiger charge is 2.20. The lowest BCUT2D eigenvalue weighted by molar-refractivity contribution is -0.122. The molecule has 4 aromatic rings. The van der Waals surface area contributed by atoms with Crippen LogP contribution in [-0.4, -0.2) is 70.2 Å². The minimum atomic E-state index is -1.09. The quantitative estimate of drug-likeness (QED) is 0.125. The van der Waals surface area contributed by atoms with E-state index < -0.39 is 29.7 Å². The van der Waals surface area contributed by atoms with Crippen LogP contribution in [-0.2, 0) is 11.2 Å². The zero-order valence-corrected chi connectivity index (χ0v) is 26.2. The van der Waals surface area contributed by atoms with Crippen molar-refractivity contribution in [3.8, 4) is 17.0 Å². The third-order valence-electron chi connectivity index (χ3n) is 6.79. The van der Waals surface area contributed by atoms with E-state index in [4.69, 9.17) is 16.2 Å². The molecule has 0 aliphatic carbocycles. The van der Waals surface area contributed by atoms with Crippen LogP contribution in [0.3, 0.4) is 0 Å². The number of carbonyl (C=O) groups is 2. The fourth-order valence-corrected chi connectivity index (χ4v) is 4.45. The average Bonchev–Trinajstić information content (AvgIpc) is 3.44. The molecule has 0 saturated heterocycles. The van der Waals surface area contributed by atoms with E-state index >= 15 is 0 Å². The molecule has 0 spiro atoms. The van der Waals surface area contributed by atoms with Crippen LogP contribution in [0.1, 0.15) is 29.3 Å². The molecule has 2 atom stereocenters. The van der Waals surface area contributed by atoms with E-state index in [1.165, 1.54) is 31.6 Å². The Labute approximate surface area is 270 Å². The number of nitrogens with one attached hydrogen (secondary N) is 3. The second-order valence-corrected chi connectivity index (χ2v) is 9.70. The zero-order valence-electron chi connectivity index (χ0n) is 24.5. The summed E-state index contributed by atoms with van der Waals surface area (Å²) in [5.41, 5.74) is 13.6. The fraction of sp³-hybridized carbons (Fsp3) is 0.310. The largest absolute Gasteiger partial charge is 0.494 e. The second kappa shape index (κ2) is 16.8. The third-order valence-corrected chi connectivity index (χ3v) is 6.79. The molecular weight excluding hydrogens is 633 g/mol. The normalized spacial score (nSPS) is 12.0. The molecule has 0 unspecified atom stereocenters. The van der Waals surface area contributed by atoms with Gasteiger partial charge in [-0.25, -0.2) is 14.4 Å². The molecule has 0 saturated carbocycles. The summed E-state index contributed by atoms with van der Waals surface area (Å²) >= 11 is 0. The molecular formula is C29H36Cl2F2N8O4. The number of fused-ring (bicyclic) bond motifs is 1. The highest BCUT2D eigenvalue weighted by atomic mass is 35.5. The highest BCUT2D eigenvalue weighted by Crippen LogP contribution is 2.31. The molecule has 4 rings (SSSR count). The Morgan fingerprint density at radius 1 is 1.09 bits per heavy atom. The summed E-state index contributed by atoms with van der Waals surface area (Å²) in [6, 6.07) is 7.12. The Hall–Kier alpha value is -4.08. The van der Waals surface area contributed by atoms with Gasteiger partial charge in [-0.1, -0.05) is 6.92 Å². The van der Waals surface area contributed by atoms with Gasteiger partial charge in [-0.05, 0) is 55.3 Å². The van der Waals surface area contributed by atoms with Crippen LogP contribution in [0, 0.1) is 11.6 Å². The number of amides is 2. The number of aryl methyl sites for hydroxylation is 1. The van der Waals surface area contributed by atoms with Crippen LogP contribution in [0.5, 0.6) is 5.75 Å². The van der Waals surface area contributed by atoms with E-state index in [1.807, 2.05) is 6.92 Å². The molecule has 0 aliphatic heterocycles. The third kappa shape index (κ3) is 8.55. The summed E-state index contributed by atoms with van der Waals surface area (Å²) in [6.45, 7) is 2.01. The Bertz CT molecular complexity index is 1620. The minimum Gasteiger partial charge on any atom is -0.494 e. The van der Waals surface area contributed by atoms with Gasteiger partial charge in [0.1, 0.15) is 0 Å². The van der Waals surface area contributed by atoms with Crippen molar-refractivity contribution in [3.05, 3.63) is 71.7 Å². The van der Waals surface area contributed by atoms with Crippen LogP contribution in [0.2, 0.25) is 0 Å². The zero-order chi connectivity index (χ0) is 31.1. The summed E-state index contributed by atoms with van der Waals surface area (Å²) in [4.78, 5) is 33.5. The lowest BCUT2D eigenvalue weighted by Crippen LogP contribution is -2.46. The molecule has 2 aromatic heterocycles. The van der Waals surface area contributed by atoms with Gasteiger partial charge in [0.25, 0.3) is 5.91 Å². The van der Waals surface area contributed by atoms with Crippen molar-refractivity contribution in [3.63, 3.8) is 0 Å². The smallest absolute Gasteiger partial charge is 0.251 e. The number of ether oxygens (including phenoxy) is 1. The van der Waals surface area contributed by atoms with E-state index in [9.17, 15) is 23.5 Å². The van der Waals surface area contributed by atoms with E-state index in [1.54, 1.807) is 28.8 Å². The van der Waals surface area contributed by atoms with Gasteiger partial charge < -0.3 is 37.3 Å². The topological polar surface area (TPSA) is 182 Å². The number of aliphatic hydroxyl groups excluding tert-OH is 1. The van der Waals surface area contributed by atoms with Crippen LogP contribution in [0.25, 0.3) is 16.9 Å². The first-order chi connectivity index (χ1) is 20.7. The number of halogens is 4. The maximum Gasteiger partial charge on any atom is 0.251 e. The van der Waals surface area contributed by atoms with E-state index in [2.05, 4.69) is 25.9 Å². The first-order valence-corrected chi connectivity index (χ1v) is 13.6. The van der Waals surface area contributed by atoms with E-state index in [-0.39, 0.29) is 61.7 Å². The van der Waals surface area contributed by atoms with Gasteiger partial charge in [-0.15, -0.1) is 24.8 Å². The number of rotatable bonds is 13. The molecule has 8 N–H and O–H groups in total. The number of nitrogens with two attached hydrogens (primary N) is 2. The van der Waals surface area contributed by atoms with Crippen LogP contribution in [0.4, 0.5) is 20.3 Å². The molecule has 0 fully saturated rings. The van der Waals surface area contributed by atoms with Crippen LogP contribution in [0.15, 0.2) is 48.9 Å². The second-order valence-electron chi connectivity index (χ2n) is 9.70. The van der Waals surface area contributed by atoms with Crippen molar-refractivity contribution in [2.75, 3.05) is 32.1 Å². The summed E-state index contributed by atoms with van der Waals surface area (Å²) < 4.78 is 35.6. The molecule has 16 heteroatoms. The van der Waals surface area contributed by atoms with Crippen LogP contribution >= 0.6 is 24.8 Å². The SMILES string of the molecule is CCc1cc(Nc2nccn3c(-c4ccc(OC)c(F)c4F)cnc23)ccc1C(=O)NC[C@@H](O)CNC(=O)[C@H](N)CCN.Cl.Cl. The highest BCUT2D eigenvalue weighted by molar-refractivity contribution is 5.96. The van der Waals surface area contributed by atoms with Gasteiger partial charge in [0, 0.05) is 42.3 Å². The number of imidazole rings is 1. The van der Waals surface area contributed by atoms with Crippen LogP contribution < -0.4 is 32.2 Å². The van der Waals surface area contributed by atoms with Crippen molar-refractivity contribution in [2.24, 2.45) is 11.5 Å². The minimum absolute atomic E-state index is 0. The molecule has 2 amide bonds.